The van der Waals surface area contributed by atoms with Crippen LogP contribution in [0.5, 0.6) is 0 Å². The van der Waals surface area contributed by atoms with Crippen LogP contribution in [0.2, 0.25) is 0 Å². The first kappa shape index (κ1) is 15.0. The molecule has 0 saturated carbocycles. The molecule has 0 unspecified atom stereocenters. The van der Waals surface area contributed by atoms with Crippen LogP contribution >= 0.6 is 11.3 Å². The standard InChI is InChI=1S/C13H22N2O2S2/c1-10-8-13(18-11(10)2)19(16,17)15-7-5-12-4-3-6-14-9-12/h8,12,14-15H,3-7,9H2,1-2H3/t12-/m0/s1. The average molecular weight is 302 g/mol. The Kier molecular flexibility index (Phi) is 5.00. The molecule has 1 aliphatic heterocycles. The molecule has 1 aromatic rings. The largest absolute Gasteiger partial charge is 0.316 e. The van der Waals surface area contributed by atoms with Crippen molar-refractivity contribution in [3.05, 3.63) is 16.5 Å². The molecule has 2 heterocycles. The number of rotatable bonds is 5. The Morgan fingerprint density at radius 2 is 2.26 bits per heavy atom. The van der Waals surface area contributed by atoms with E-state index in [4.69, 9.17) is 0 Å². The summed E-state index contributed by atoms with van der Waals surface area (Å²) in [6.07, 6.45) is 3.31. The van der Waals surface area contributed by atoms with Crippen molar-refractivity contribution in [1.82, 2.24) is 10.0 Å². The molecule has 4 nitrogen and oxygen atoms in total. The maximum atomic E-state index is 12.1. The summed E-state index contributed by atoms with van der Waals surface area (Å²) >= 11 is 1.34. The highest BCUT2D eigenvalue weighted by atomic mass is 32.2. The van der Waals surface area contributed by atoms with Crippen molar-refractivity contribution in [2.75, 3.05) is 19.6 Å². The molecule has 2 N–H and O–H groups in total. The molecule has 1 fully saturated rings. The molecular formula is C13H22N2O2S2. The van der Waals surface area contributed by atoms with E-state index in [1.54, 1.807) is 6.07 Å². The highest BCUT2D eigenvalue weighted by molar-refractivity contribution is 7.91. The molecule has 1 aliphatic rings. The number of thiophene rings is 1. The van der Waals surface area contributed by atoms with Crippen LogP contribution in [0.15, 0.2) is 10.3 Å². The molecule has 1 atom stereocenters. The van der Waals surface area contributed by atoms with Crippen LogP contribution in [-0.4, -0.2) is 28.1 Å². The van der Waals surface area contributed by atoms with Gasteiger partial charge in [0.25, 0.3) is 0 Å². The van der Waals surface area contributed by atoms with Crippen LogP contribution < -0.4 is 10.0 Å². The Labute approximate surface area is 119 Å². The Hall–Kier alpha value is -0.430. The van der Waals surface area contributed by atoms with Crippen molar-refractivity contribution >= 4 is 21.4 Å². The normalized spacial score (nSPS) is 20.6. The predicted molar refractivity (Wildman–Crippen MR) is 79.2 cm³/mol. The van der Waals surface area contributed by atoms with Crippen molar-refractivity contribution in [2.24, 2.45) is 5.92 Å². The summed E-state index contributed by atoms with van der Waals surface area (Å²) in [5.74, 6) is 0.600. The Morgan fingerprint density at radius 3 is 2.84 bits per heavy atom. The summed E-state index contributed by atoms with van der Waals surface area (Å²) in [5, 5.41) is 3.35. The second-order valence-electron chi connectivity index (χ2n) is 5.20. The molecule has 0 radical (unpaired) electrons. The van der Waals surface area contributed by atoms with Gasteiger partial charge in [-0.25, -0.2) is 13.1 Å². The van der Waals surface area contributed by atoms with Crippen molar-refractivity contribution in [3.63, 3.8) is 0 Å². The quantitative estimate of drug-likeness (QED) is 0.875. The lowest BCUT2D eigenvalue weighted by Gasteiger charge is -2.22. The van der Waals surface area contributed by atoms with E-state index in [1.165, 1.54) is 24.2 Å². The summed E-state index contributed by atoms with van der Waals surface area (Å²) in [6, 6.07) is 1.75. The molecule has 1 saturated heterocycles. The molecule has 19 heavy (non-hydrogen) atoms. The van der Waals surface area contributed by atoms with E-state index in [2.05, 4.69) is 10.0 Å². The van der Waals surface area contributed by atoms with Gasteiger partial charge in [0.15, 0.2) is 0 Å². The van der Waals surface area contributed by atoms with Gasteiger partial charge in [-0.05, 0) is 63.7 Å². The van der Waals surface area contributed by atoms with Crippen molar-refractivity contribution < 1.29 is 8.42 Å². The van der Waals surface area contributed by atoms with Crippen LogP contribution in [0, 0.1) is 19.8 Å². The number of hydrogen-bond donors (Lipinski definition) is 2. The van der Waals surface area contributed by atoms with E-state index in [9.17, 15) is 8.42 Å². The van der Waals surface area contributed by atoms with Gasteiger partial charge in [0, 0.05) is 11.4 Å². The Balaban J connectivity index is 1.87. The van der Waals surface area contributed by atoms with Gasteiger partial charge in [-0.15, -0.1) is 11.3 Å². The molecule has 108 valence electrons. The molecule has 1 aromatic heterocycles. The van der Waals surface area contributed by atoms with E-state index < -0.39 is 10.0 Å². The van der Waals surface area contributed by atoms with E-state index in [1.807, 2.05) is 13.8 Å². The summed E-state index contributed by atoms with van der Waals surface area (Å²) in [7, 11) is -3.31. The minimum Gasteiger partial charge on any atom is -0.316 e. The molecule has 0 amide bonds. The second kappa shape index (κ2) is 6.35. The van der Waals surface area contributed by atoms with Crippen LogP contribution in [-0.2, 0) is 10.0 Å². The predicted octanol–water partition coefficient (Wildman–Crippen LogP) is 2.03. The molecule has 0 aliphatic carbocycles. The minimum atomic E-state index is -3.31. The fourth-order valence-corrected chi connectivity index (χ4v) is 4.92. The summed E-state index contributed by atoms with van der Waals surface area (Å²) in [5.41, 5.74) is 1.04. The Morgan fingerprint density at radius 1 is 1.47 bits per heavy atom. The van der Waals surface area contributed by atoms with Crippen molar-refractivity contribution in [2.45, 2.75) is 37.3 Å². The molecule has 2 rings (SSSR count). The third-order valence-corrected chi connectivity index (χ3v) is 6.74. The molecule has 0 spiro atoms. The van der Waals surface area contributed by atoms with Gasteiger partial charge in [0.1, 0.15) is 4.21 Å². The topological polar surface area (TPSA) is 58.2 Å². The minimum absolute atomic E-state index is 0.435. The van der Waals surface area contributed by atoms with E-state index in [-0.39, 0.29) is 0 Å². The lowest BCUT2D eigenvalue weighted by Crippen LogP contribution is -2.33. The zero-order valence-electron chi connectivity index (χ0n) is 11.5. The lowest BCUT2D eigenvalue weighted by atomic mass is 9.96. The molecule has 6 heteroatoms. The summed E-state index contributed by atoms with van der Waals surface area (Å²) in [6.45, 7) is 6.53. The van der Waals surface area contributed by atoms with E-state index in [0.29, 0.717) is 16.7 Å². The van der Waals surface area contributed by atoms with E-state index >= 15 is 0 Å². The monoisotopic (exact) mass is 302 g/mol. The molecule has 0 bridgehead atoms. The fraction of sp³-hybridized carbons (Fsp3) is 0.692. The first-order valence-corrected chi connectivity index (χ1v) is 9.06. The third-order valence-electron chi connectivity index (χ3n) is 3.65. The number of hydrogen-bond acceptors (Lipinski definition) is 4. The maximum Gasteiger partial charge on any atom is 0.250 e. The lowest BCUT2D eigenvalue weighted by molar-refractivity contribution is 0.358. The van der Waals surface area contributed by atoms with Gasteiger partial charge >= 0.3 is 0 Å². The van der Waals surface area contributed by atoms with Gasteiger partial charge in [0.05, 0.1) is 0 Å². The highest BCUT2D eigenvalue weighted by Crippen LogP contribution is 2.24. The van der Waals surface area contributed by atoms with Gasteiger partial charge in [-0.2, -0.15) is 0 Å². The SMILES string of the molecule is Cc1cc(S(=O)(=O)NCC[C@@H]2CCCNC2)sc1C. The highest BCUT2D eigenvalue weighted by Gasteiger charge is 2.19. The smallest absolute Gasteiger partial charge is 0.250 e. The first-order chi connectivity index (χ1) is 8.99. The summed E-state index contributed by atoms with van der Waals surface area (Å²) < 4.78 is 27.4. The third kappa shape index (κ3) is 4.02. The number of sulfonamides is 1. The van der Waals surface area contributed by atoms with Gasteiger partial charge in [-0.1, -0.05) is 0 Å². The van der Waals surface area contributed by atoms with Gasteiger partial charge < -0.3 is 5.32 Å². The molecule has 0 aromatic carbocycles. The Bertz CT molecular complexity index is 497. The van der Waals surface area contributed by atoms with Crippen molar-refractivity contribution in [3.8, 4) is 0 Å². The van der Waals surface area contributed by atoms with Crippen LogP contribution in [0.4, 0.5) is 0 Å². The van der Waals surface area contributed by atoms with Crippen LogP contribution in [0.1, 0.15) is 29.7 Å². The van der Waals surface area contributed by atoms with Crippen molar-refractivity contribution in [1.29, 1.82) is 0 Å². The number of aryl methyl sites for hydroxylation is 2. The number of piperidine rings is 1. The number of nitrogens with one attached hydrogen (secondary N) is 2. The fourth-order valence-electron chi connectivity index (χ4n) is 2.31. The zero-order chi connectivity index (χ0) is 13.9. The molecular weight excluding hydrogens is 280 g/mol. The second-order valence-corrected chi connectivity index (χ2v) is 8.45. The van der Waals surface area contributed by atoms with Crippen LogP contribution in [0.3, 0.4) is 0 Å². The summed E-state index contributed by atoms with van der Waals surface area (Å²) in [4.78, 5) is 1.07. The van der Waals surface area contributed by atoms with Crippen LogP contribution in [0.25, 0.3) is 0 Å². The zero-order valence-corrected chi connectivity index (χ0v) is 13.2. The average Bonchev–Trinajstić information content (AvgIpc) is 2.72. The first-order valence-electron chi connectivity index (χ1n) is 6.76. The van der Waals surface area contributed by atoms with Gasteiger partial charge in [-0.3, -0.25) is 0 Å². The van der Waals surface area contributed by atoms with Gasteiger partial charge in [0.2, 0.25) is 10.0 Å². The van der Waals surface area contributed by atoms with E-state index in [0.717, 1.165) is 30.0 Å². The maximum absolute atomic E-state index is 12.1.